The van der Waals surface area contributed by atoms with Crippen molar-refractivity contribution in [2.75, 3.05) is 11.9 Å². The number of nitrogens with one attached hydrogen (secondary N) is 1. The average Bonchev–Trinajstić information content (AvgIpc) is 3.17. The first-order valence-electron chi connectivity index (χ1n) is 11.3. The van der Waals surface area contributed by atoms with E-state index in [9.17, 15) is 27.5 Å². The van der Waals surface area contributed by atoms with Crippen LogP contribution in [0.15, 0.2) is 18.2 Å². The van der Waals surface area contributed by atoms with Gasteiger partial charge in [0.15, 0.2) is 0 Å². The molecule has 1 fully saturated rings. The van der Waals surface area contributed by atoms with E-state index in [1.165, 1.54) is 11.0 Å². The highest BCUT2D eigenvalue weighted by atomic mass is 19.4. The number of hydrogen-bond acceptors (Lipinski definition) is 5. The lowest BCUT2D eigenvalue weighted by atomic mass is 9.87. The molecule has 3 atom stereocenters. The van der Waals surface area contributed by atoms with Gasteiger partial charge in [0.2, 0.25) is 5.95 Å². The molecular formula is C23H27F4N5O2. The first-order valence-corrected chi connectivity index (χ1v) is 11.3. The van der Waals surface area contributed by atoms with Gasteiger partial charge in [0, 0.05) is 18.5 Å². The van der Waals surface area contributed by atoms with Crippen LogP contribution in [0.4, 0.5) is 28.3 Å². The minimum atomic E-state index is -4.78. The number of fused-ring (bicyclic) bond motifs is 1. The molecule has 0 saturated heterocycles. The minimum Gasteiger partial charge on any atom is -0.393 e. The van der Waals surface area contributed by atoms with Gasteiger partial charge in [0.05, 0.1) is 29.6 Å². The summed E-state index contributed by atoms with van der Waals surface area (Å²) in [7, 11) is 0. The van der Waals surface area contributed by atoms with Crippen molar-refractivity contribution in [3.8, 4) is 0 Å². The number of anilines is 1. The van der Waals surface area contributed by atoms with Gasteiger partial charge in [0.1, 0.15) is 5.82 Å². The SMILES string of the molecule is CC[C@H](c1ccc(C(F)(F)F)c(F)c1)c1nc(N[C@H]2CC[C@H](O)C2)nc2c1CCN(C(N)=O)C2. The maximum atomic E-state index is 14.4. The highest BCUT2D eigenvalue weighted by Gasteiger charge is 2.35. The van der Waals surface area contributed by atoms with Gasteiger partial charge in [-0.25, -0.2) is 19.2 Å². The standard InChI is InChI=1S/C23H27F4N5O2/c1-2-15(12-3-6-17(18(24)9-12)23(25,26)27)20-16-7-8-32(21(28)34)11-19(16)30-22(31-20)29-13-4-5-14(33)10-13/h3,6,9,13-15,33H,2,4-5,7-8,10-11H2,1H3,(H2,28,34)(H,29,30,31)/t13-,14-,15+/m0/s1. The molecule has 2 aromatic rings. The van der Waals surface area contributed by atoms with Crippen molar-refractivity contribution in [3.05, 3.63) is 52.1 Å². The van der Waals surface area contributed by atoms with E-state index in [1.807, 2.05) is 6.92 Å². The van der Waals surface area contributed by atoms with Crippen LogP contribution in [0.5, 0.6) is 0 Å². The van der Waals surface area contributed by atoms with Crippen molar-refractivity contribution in [3.63, 3.8) is 0 Å². The van der Waals surface area contributed by atoms with E-state index in [1.54, 1.807) is 0 Å². The monoisotopic (exact) mass is 481 g/mol. The van der Waals surface area contributed by atoms with Crippen LogP contribution in [0.1, 0.15) is 66.6 Å². The summed E-state index contributed by atoms with van der Waals surface area (Å²) in [5.74, 6) is -1.49. The Hall–Kier alpha value is -2.95. The molecular weight excluding hydrogens is 454 g/mol. The summed E-state index contributed by atoms with van der Waals surface area (Å²) in [6.07, 6.45) is -2.34. The average molecular weight is 481 g/mol. The van der Waals surface area contributed by atoms with Crippen LogP contribution in [0.25, 0.3) is 0 Å². The first-order chi connectivity index (χ1) is 16.1. The summed E-state index contributed by atoms with van der Waals surface area (Å²) < 4.78 is 53.6. The molecule has 1 saturated carbocycles. The number of nitrogens with zero attached hydrogens (tertiary/aromatic N) is 3. The molecule has 0 unspecified atom stereocenters. The zero-order valence-electron chi connectivity index (χ0n) is 18.7. The maximum absolute atomic E-state index is 14.4. The number of halogens is 4. The van der Waals surface area contributed by atoms with E-state index < -0.39 is 35.6 Å². The number of alkyl halides is 3. The summed E-state index contributed by atoms with van der Waals surface area (Å²) in [5, 5.41) is 13.1. The Kier molecular flexibility index (Phi) is 6.66. The molecule has 4 rings (SSSR count). The molecule has 1 aliphatic carbocycles. The number of aromatic nitrogens is 2. The summed E-state index contributed by atoms with van der Waals surface area (Å²) in [6.45, 7) is 2.39. The van der Waals surface area contributed by atoms with Gasteiger partial charge in [0.25, 0.3) is 0 Å². The molecule has 1 aromatic heterocycles. The quantitative estimate of drug-likeness (QED) is 0.562. The number of nitrogens with two attached hydrogens (primary N) is 1. The molecule has 0 radical (unpaired) electrons. The fourth-order valence-corrected chi connectivity index (χ4v) is 4.84. The molecule has 11 heteroatoms. The van der Waals surface area contributed by atoms with Crippen molar-refractivity contribution in [2.45, 2.75) is 69.8 Å². The topological polar surface area (TPSA) is 104 Å². The zero-order chi connectivity index (χ0) is 24.6. The van der Waals surface area contributed by atoms with Crippen LogP contribution in [0.3, 0.4) is 0 Å². The number of carbonyl (C=O) groups is 1. The van der Waals surface area contributed by atoms with Gasteiger partial charge < -0.3 is 21.1 Å². The second kappa shape index (κ2) is 9.36. The molecule has 2 heterocycles. The van der Waals surface area contributed by atoms with Crippen molar-refractivity contribution in [1.82, 2.24) is 14.9 Å². The number of aliphatic hydroxyl groups is 1. The van der Waals surface area contributed by atoms with Crippen molar-refractivity contribution in [1.29, 1.82) is 0 Å². The fourth-order valence-electron chi connectivity index (χ4n) is 4.84. The van der Waals surface area contributed by atoms with Gasteiger partial charge in [-0.3, -0.25) is 0 Å². The first kappa shape index (κ1) is 24.2. The van der Waals surface area contributed by atoms with Gasteiger partial charge in [-0.1, -0.05) is 13.0 Å². The molecule has 184 valence electrons. The molecule has 1 aromatic carbocycles. The second-order valence-corrected chi connectivity index (χ2v) is 8.87. The summed E-state index contributed by atoms with van der Waals surface area (Å²) in [5.41, 5.74) is 6.52. The van der Waals surface area contributed by atoms with Crippen LogP contribution < -0.4 is 11.1 Å². The molecule has 1 aliphatic heterocycles. The predicted molar refractivity (Wildman–Crippen MR) is 117 cm³/mol. The second-order valence-electron chi connectivity index (χ2n) is 8.87. The largest absolute Gasteiger partial charge is 0.419 e. The number of aliphatic hydroxyl groups excluding tert-OH is 1. The fraction of sp³-hybridized carbons (Fsp3) is 0.522. The Morgan fingerprint density at radius 3 is 2.68 bits per heavy atom. The van der Waals surface area contributed by atoms with Gasteiger partial charge >= 0.3 is 12.2 Å². The lowest BCUT2D eigenvalue weighted by Crippen LogP contribution is -2.40. The number of benzene rings is 1. The van der Waals surface area contributed by atoms with Gasteiger partial charge in [-0.05, 0) is 55.4 Å². The zero-order valence-corrected chi connectivity index (χ0v) is 18.7. The van der Waals surface area contributed by atoms with Crippen LogP contribution in [0, 0.1) is 5.82 Å². The van der Waals surface area contributed by atoms with E-state index >= 15 is 0 Å². The lowest BCUT2D eigenvalue weighted by Gasteiger charge is -2.30. The summed E-state index contributed by atoms with van der Waals surface area (Å²) in [4.78, 5) is 22.5. The van der Waals surface area contributed by atoms with Crippen LogP contribution >= 0.6 is 0 Å². The van der Waals surface area contributed by atoms with Crippen LogP contribution in [-0.2, 0) is 19.1 Å². The van der Waals surface area contributed by atoms with Gasteiger partial charge in [-0.2, -0.15) is 13.2 Å². The third-order valence-electron chi connectivity index (χ3n) is 6.59. The van der Waals surface area contributed by atoms with E-state index in [0.29, 0.717) is 55.1 Å². The molecule has 2 amide bonds. The smallest absolute Gasteiger partial charge is 0.393 e. The third-order valence-corrected chi connectivity index (χ3v) is 6.59. The van der Waals surface area contributed by atoms with Crippen molar-refractivity contribution >= 4 is 12.0 Å². The Bertz CT molecular complexity index is 1080. The number of carbonyl (C=O) groups excluding carboxylic acids is 1. The minimum absolute atomic E-state index is 0.0275. The van der Waals surface area contributed by atoms with Crippen LogP contribution in [0.2, 0.25) is 0 Å². The Morgan fingerprint density at radius 2 is 2.09 bits per heavy atom. The molecule has 0 bridgehead atoms. The normalized spacial score (nSPS) is 21.3. The third kappa shape index (κ3) is 4.94. The lowest BCUT2D eigenvalue weighted by molar-refractivity contribution is -0.140. The number of hydrogen-bond donors (Lipinski definition) is 3. The van der Waals surface area contributed by atoms with Crippen LogP contribution in [-0.4, -0.2) is 44.7 Å². The highest BCUT2D eigenvalue weighted by molar-refractivity contribution is 5.72. The molecule has 4 N–H and O–H groups in total. The number of amides is 2. The molecule has 0 spiro atoms. The van der Waals surface area contributed by atoms with E-state index in [0.717, 1.165) is 24.1 Å². The summed E-state index contributed by atoms with van der Waals surface area (Å²) in [6, 6.07) is 2.36. The number of primary amides is 1. The number of urea groups is 1. The predicted octanol–water partition coefficient (Wildman–Crippen LogP) is 3.94. The Morgan fingerprint density at radius 1 is 1.32 bits per heavy atom. The maximum Gasteiger partial charge on any atom is 0.419 e. The Labute approximate surface area is 194 Å². The number of rotatable bonds is 5. The van der Waals surface area contributed by atoms with E-state index in [4.69, 9.17) is 10.7 Å². The molecule has 2 aliphatic rings. The molecule has 7 nitrogen and oxygen atoms in total. The van der Waals surface area contributed by atoms with Gasteiger partial charge in [-0.15, -0.1) is 0 Å². The Balaban J connectivity index is 1.75. The van der Waals surface area contributed by atoms with Crippen molar-refractivity contribution < 1.29 is 27.5 Å². The summed E-state index contributed by atoms with van der Waals surface area (Å²) >= 11 is 0. The highest BCUT2D eigenvalue weighted by Crippen LogP contribution is 2.37. The van der Waals surface area contributed by atoms with Crippen molar-refractivity contribution in [2.24, 2.45) is 5.73 Å². The molecule has 34 heavy (non-hydrogen) atoms. The van der Waals surface area contributed by atoms with E-state index in [2.05, 4.69) is 10.3 Å². The van der Waals surface area contributed by atoms with E-state index in [-0.39, 0.29) is 12.6 Å².